The van der Waals surface area contributed by atoms with Crippen molar-refractivity contribution in [3.05, 3.63) is 23.8 Å². The van der Waals surface area contributed by atoms with E-state index in [1.54, 1.807) is 27.4 Å². The van der Waals surface area contributed by atoms with Gasteiger partial charge in [0.05, 0.1) is 21.3 Å². The number of carbonyl (C=O) groups is 1. The number of nitrogens with zero attached hydrogens (tertiary/aromatic N) is 1. The first-order valence-electron chi connectivity index (χ1n) is 9.81. The van der Waals surface area contributed by atoms with Crippen LogP contribution in [0, 0.1) is 5.92 Å². The standard InChI is InChI=1S/C22H34N2O4/c1-16-8-7-11-24(14-16)22(2,3)15-23-20(25)10-9-17-12-18(26-4)21(28-6)19(13-17)27-5/h9-10,12-13,16H,7-8,11,14-15H2,1-6H3,(H,23,25)/b10-9+. The van der Waals surface area contributed by atoms with Gasteiger partial charge in [-0.25, -0.2) is 0 Å². The minimum absolute atomic E-state index is 0.0647. The summed E-state index contributed by atoms with van der Waals surface area (Å²) in [5, 5.41) is 3.03. The third kappa shape index (κ3) is 5.64. The van der Waals surface area contributed by atoms with E-state index < -0.39 is 0 Å². The quantitative estimate of drug-likeness (QED) is 0.690. The number of likely N-dealkylation sites (tertiary alicyclic amines) is 1. The van der Waals surface area contributed by atoms with Gasteiger partial charge in [0.2, 0.25) is 11.7 Å². The lowest BCUT2D eigenvalue weighted by molar-refractivity contribution is -0.117. The Morgan fingerprint density at radius 3 is 2.39 bits per heavy atom. The summed E-state index contributed by atoms with van der Waals surface area (Å²) in [5.41, 5.74) is 0.735. The van der Waals surface area contributed by atoms with Crippen molar-refractivity contribution in [3.8, 4) is 17.2 Å². The molecule has 0 bridgehead atoms. The van der Waals surface area contributed by atoms with Crippen LogP contribution in [-0.4, -0.2) is 57.3 Å². The highest BCUT2D eigenvalue weighted by atomic mass is 16.5. The first-order chi connectivity index (χ1) is 13.3. The number of piperidine rings is 1. The number of rotatable bonds is 8. The van der Waals surface area contributed by atoms with Crippen LogP contribution in [0.25, 0.3) is 6.08 Å². The number of methoxy groups -OCH3 is 3. The summed E-state index contributed by atoms with van der Waals surface area (Å²) in [6.45, 7) is 9.46. The van der Waals surface area contributed by atoms with Crippen molar-refractivity contribution in [1.82, 2.24) is 10.2 Å². The lowest BCUT2D eigenvalue weighted by atomic mass is 9.93. The molecule has 1 saturated heterocycles. The minimum atomic E-state index is -0.119. The monoisotopic (exact) mass is 390 g/mol. The van der Waals surface area contributed by atoms with Crippen LogP contribution in [-0.2, 0) is 4.79 Å². The normalized spacial score (nSPS) is 18.1. The lowest BCUT2D eigenvalue weighted by Crippen LogP contribution is -2.54. The molecule has 0 saturated carbocycles. The molecule has 1 aliphatic rings. The Morgan fingerprint density at radius 2 is 1.86 bits per heavy atom. The van der Waals surface area contributed by atoms with Crippen molar-refractivity contribution in [2.45, 2.75) is 39.2 Å². The fourth-order valence-corrected chi connectivity index (χ4v) is 3.58. The van der Waals surface area contributed by atoms with Crippen LogP contribution in [0.15, 0.2) is 18.2 Å². The maximum atomic E-state index is 12.3. The molecule has 1 heterocycles. The van der Waals surface area contributed by atoms with Crippen molar-refractivity contribution in [2.75, 3.05) is 41.0 Å². The number of amides is 1. The van der Waals surface area contributed by atoms with Crippen molar-refractivity contribution in [2.24, 2.45) is 5.92 Å². The fourth-order valence-electron chi connectivity index (χ4n) is 3.58. The number of ether oxygens (including phenoxy) is 3. The molecular weight excluding hydrogens is 356 g/mol. The molecule has 2 rings (SSSR count). The van der Waals surface area contributed by atoms with E-state index in [2.05, 4.69) is 31.0 Å². The molecule has 1 N–H and O–H groups in total. The Morgan fingerprint density at radius 1 is 1.21 bits per heavy atom. The van der Waals surface area contributed by atoms with Gasteiger partial charge in [0, 0.05) is 24.7 Å². The molecule has 1 aromatic rings. The number of carbonyl (C=O) groups excluding carboxylic acids is 1. The van der Waals surface area contributed by atoms with E-state index in [-0.39, 0.29) is 11.4 Å². The number of hydrogen-bond donors (Lipinski definition) is 1. The smallest absolute Gasteiger partial charge is 0.244 e. The van der Waals surface area contributed by atoms with Crippen molar-refractivity contribution in [3.63, 3.8) is 0 Å². The molecular formula is C22H34N2O4. The zero-order valence-electron chi connectivity index (χ0n) is 18.0. The average Bonchev–Trinajstić information content (AvgIpc) is 2.69. The highest BCUT2D eigenvalue weighted by molar-refractivity contribution is 5.92. The molecule has 1 fully saturated rings. The second-order valence-corrected chi connectivity index (χ2v) is 8.02. The van der Waals surface area contributed by atoms with Crippen LogP contribution < -0.4 is 19.5 Å². The van der Waals surface area contributed by atoms with E-state index in [1.807, 2.05) is 12.1 Å². The van der Waals surface area contributed by atoms with Gasteiger partial charge in [0.15, 0.2) is 11.5 Å². The third-order valence-electron chi connectivity index (χ3n) is 5.32. The highest BCUT2D eigenvalue weighted by Crippen LogP contribution is 2.38. The summed E-state index contributed by atoms with van der Waals surface area (Å²) in [5.74, 6) is 2.24. The molecule has 6 nitrogen and oxygen atoms in total. The van der Waals surface area contributed by atoms with Gasteiger partial charge < -0.3 is 19.5 Å². The average molecular weight is 391 g/mol. The Balaban J connectivity index is 1.99. The largest absolute Gasteiger partial charge is 0.493 e. The van der Waals surface area contributed by atoms with Crippen molar-refractivity contribution in [1.29, 1.82) is 0 Å². The van der Waals surface area contributed by atoms with E-state index in [0.29, 0.717) is 29.7 Å². The third-order valence-corrected chi connectivity index (χ3v) is 5.32. The second kappa shape index (κ2) is 9.82. The van der Waals surface area contributed by atoms with Crippen LogP contribution in [0.1, 0.15) is 39.2 Å². The van der Waals surface area contributed by atoms with Crippen molar-refractivity contribution < 1.29 is 19.0 Å². The van der Waals surface area contributed by atoms with Crippen LogP contribution in [0.3, 0.4) is 0 Å². The van der Waals surface area contributed by atoms with Gasteiger partial charge in [-0.3, -0.25) is 9.69 Å². The van der Waals surface area contributed by atoms with E-state index in [9.17, 15) is 4.79 Å². The second-order valence-electron chi connectivity index (χ2n) is 8.02. The van der Waals surface area contributed by atoms with E-state index in [4.69, 9.17) is 14.2 Å². The zero-order valence-corrected chi connectivity index (χ0v) is 18.0. The molecule has 0 aliphatic carbocycles. The first kappa shape index (κ1) is 22.1. The predicted molar refractivity (Wildman–Crippen MR) is 112 cm³/mol. The van der Waals surface area contributed by atoms with Crippen LogP contribution in [0.4, 0.5) is 0 Å². The van der Waals surface area contributed by atoms with E-state index in [0.717, 1.165) is 18.7 Å². The highest BCUT2D eigenvalue weighted by Gasteiger charge is 2.30. The predicted octanol–water partition coefficient (Wildman–Crippen LogP) is 3.35. The summed E-state index contributed by atoms with van der Waals surface area (Å²) in [7, 11) is 4.70. The maximum absolute atomic E-state index is 12.3. The molecule has 0 spiro atoms. The van der Waals surface area contributed by atoms with Crippen molar-refractivity contribution >= 4 is 12.0 Å². The number of nitrogens with one attached hydrogen (secondary N) is 1. The van der Waals surface area contributed by atoms with E-state index >= 15 is 0 Å². The molecule has 1 unspecified atom stereocenters. The molecule has 1 atom stereocenters. The van der Waals surface area contributed by atoms with E-state index in [1.165, 1.54) is 18.9 Å². The fraction of sp³-hybridized carbons (Fsp3) is 0.591. The van der Waals surface area contributed by atoms with Gasteiger partial charge in [-0.15, -0.1) is 0 Å². The van der Waals surface area contributed by atoms with Gasteiger partial charge in [0.25, 0.3) is 0 Å². The Bertz CT molecular complexity index is 675. The van der Waals surface area contributed by atoms with Gasteiger partial charge in [-0.2, -0.15) is 0 Å². The molecule has 1 aliphatic heterocycles. The molecule has 28 heavy (non-hydrogen) atoms. The van der Waals surface area contributed by atoms with Gasteiger partial charge in [-0.1, -0.05) is 6.92 Å². The summed E-state index contributed by atoms with van der Waals surface area (Å²) < 4.78 is 16.0. The first-order valence-corrected chi connectivity index (χ1v) is 9.81. The zero-order chi connectivity index (χ0) is 20.7. The summed E-state index contributed by atoms with van der Waals surface area (Å²) in [6.07, 6.45) is 5.79. The number of hydrogen-bond acceptors (Lipinski definition) is 5. The van der Waals surface area contributed by atoms with Gasteiger partial charge >= 0.3 is 0 Å². The molecule has 156 valence electrons. The van der Waals surface area contributed by atoms with Gasteiger partial charge in [-0.05, 0) is 62.9 Å². The molecule has 0 aromatic heterocycles. The Hall–Kier alpha value is -2.21. The molecule has 0 radical (unpaired) electrons. The lowest BCUT2D eigenvalue weighted by Gasteiger charge is -2.43. The van der Waals surface area contributed by atoms with Crippen LogP contribution in [0.2, 0.25) is 0 Å². The molecule has 6 heteroatoms. The summed E-state index contributed by atoms with van der Waals surface area (Å²) >= 11 is 0. The Kier molecular flexibility index (Phi) is 7.75. The topological polar surface area (TPSA) is 60.0 Å². The minimum Gasteiger partial charge on any atom is -0.493 e. The summed E-state index contributed by atoms with van der Waals surface area (Å²) in [6, 6.07) is 3.62. The maximum Gasteiger partial charge on any atom is 0.244 e. The summed E-state index contributed by atoms with van der Waals surface area (Å²) in [4.78, 5) is 14.8. The molecule has 1 amide bonds. The molecule has 1 aromatic carbocycles. The number of benzene rings is 1. The Labute approximate surface area is 168 Å². The van der Waals surface area contributed by atoms with Gasteiger partial charge in [0.1, 0.15) is 0 Å². The van der Waals surface area contributed by atoms with Crippen LogP contribution >= 0.6 is 0 Å². The SMILES string of the molecule is COc1cc(/C=C/C(=O)NCC(C)(C)N2CCCC(C)C2)cc(OC)c1OC. The van der Waals surface area contributed by atoms with Crippen LogP contribution in [0.5, 0.6) is 17.2 Å².